The maximum Gasteiger partial charge on any atom is 0.414 e. The average molecular weight is 283 g/mol. The molecule has 0 unspecified atom stereocenters. The summed E-state index contributed by atoms with van der Waals surface area (Å²) in [5.74, 6) is 0. The van der Waals surface area contributed by atoms with Crippen LogP contribution in [0.3, 0.4) is 0 Å². The number of benzene rings is 1. The summed E-state index contributed by atoms with van der Waals surface area (Å²) in [7, 11) is -3.18. The lowest BCUT2D eigenvalue weighted by molar-refractivity contribution is 0.121. The normalized spacial score (nSPS) is 17.4. The van der Waals surface area contributed by atoms with Gasteiger partial charge in [0.2, 0.25) is 0 Å². The summed E-state index contributed by atoms with van der Waals surface area (Å²) < 4.78 is 17.4. The highest BCUT2D eigenvalue weighted by atomic mass is 31.2. The molecule has 0 atom stereocenters. The maximum atomic E-state index is 12.5. The molecule has 1 heterocycles. The standard InChI is InChI=1S/C12H18N3O3P/c1-9(2)18-12(16)15-19(17)13-7-10-5-3-4-6-11(10)8-14-19/h3-6,9H,7-8H2,1-2H3,(H3,13,14,15,16,17). The molecule has 1 aliphatic heterocycles. The summed E-state index contributed by atoms with van der Waals surface area (Å²) in [6, 6.07) is 7.78. The van der Waals surface area contributed by atoms with Gasteiger partial charge in [-0.2, -0.15) is 0 Å². The third-order valence-corrected chi connectivity index (χ3v) is 4.40. The van der Waals surface area contributed by atoms with Crippen LogP contribution in [0.2, 0.25) is 0 Å². The molecule has 1 aromatic rings. The van der Waals surface area contributed by atoms with Crippen molar-refractivity contribution in [3.63, 3.8) is 0 Å². The van der Waals surface area contributed by atoms with Crippen molar-refractivity contribution in [2.24, 2.45) is 0 Å². The van der Waals surface area contributed by atoms with Crippen LogP contribution in [-0.4, -0.2) is 12.2 Å². The molecule has 0 saturated heterocycles. The molecule has 0 radical (unpaired) electrons. The third-order valence-electron chi connectivity index (χ3n) is 2.69. The van der Waals surface area contributed by atoms with Crippen LogP contribution in [0.25, 0.3) is 0 Å². The largest absolute Gasteiger partial charge is 0.447 e. The Morgan fingerprint density at radius 2 is 1.79 bits per heavy atom. The van der Waals surface area contributed by atoms with E-state index in [0.29, 0.717) is 13.1 Å². The number of hydrogen-bond acceptors (Lipinski definition) is 3. The van der Waals surface area contributed by atoms with Gasteiger partial charge >= 0.3 is 13.7 Å². The molecule has 2 rings (SSSR count). The number of ether oxygens (including phenoxy) is 1. The van der Waals surface area contributed by atoms with Crippen LogP contribution >= 0.6 is 7.59 Å². The predicted molar refractivity (Wildman–Crippen MR) is 72.5 cm³/mol. The number of nitrogens with one attached hydrogen (secondary N) is 3. The molecule has 1 aromatic carbocycles. The van der Waals surface area contributed by atoms with E-state index in [4.69, 9.17) is 4.74 Å². The van der Waals surface area contributed by atoms with E-state index in [9.17, 15) is 9.36 Å². The van der Waals surface area contributed by atoms with Gasteiger partial charge in [-0.1, -0.05) is 24.3 Å². The Kier molecular flexibility index (Phi) is 4.24. The SMILES string of the molecule is CC(C)OC(=O)NP1(=O)NCc2ccccc2CN1. The second-order valence-electron chi connectivity index (χ2n) is 4.61. The van der Waals surface area contributed by atoms with Crippen LogP contribution in [0, 0.1) is 0 Å². The Morgan fingerprint density at radius 1 is 1.26 bits per heavy atom. The molecule has 0 aliphatic carbocycles. The van der Waals surface area contributed by atoms with E-state index in [2.05, 4.69) is 15.3 Å². The number of fused-ring (bicyclic) bond motifs is 1. The number of amides is 1. The highest BCUT2D eigenvalue weighted by Gasteiger charge is 2.27. The summed E-state index contributed by atoms with van der Waals surface area (Å²) >= 11 is 0. The van der Waals surface area contributed by atoms with Crippen molar-refractivity contribution >= 4 is 13.7 Å². The highest BCUT2D eigenvalue weighted by molar-refractivity contribution is 7.58. The van der Waals surface area contributed by atoms with Gasteiger partial charge in [0.1, 0.15) is 0 Å². The lowest BCUT2D eigenvalue weighted by Crippen LogP contribution is -2.34. The lowest BCUT2D eigenvalue weighted by Gasteiger charge is -2.19. The van der Waals surface area contributed by atoms with Gasteiger partial charge in [-0.05, 0) is 25.0 Å². The van der Waals surface area contributed by atoms with Gasteiger partial charge in [-0.3, -0.25) is 4.57 Å². The molecule has 7 heteroatoms. The molecule has 3 N–H and O–H groups in total. The first kappa shape index (κ1) is 14.1. The maximum absolute atomic E-state index is 12.5. The summed E-state index contributed by atoms with van der Waals surface area (Å²) in [4.78, 5) is 11.5. The van der Waals surface area contributed by atoms with Crippen molar-refractivity contribution < 1.29 is 14.1 Å². The van der Waals surface area contributed by atoms with Crippen molar-refractivity contribution in [1.29, 1.82) is 0 Å². The molecule has 104 valence electrons. The monoisotopic (exact) mass is 283 g/mol. The van der Waals surface area contributed by atoms with Crippen LogP contribution in [0.4, 0.5) is 4.79 Å². The Morgan fingerprint density at radius 3 is 2.26 bits per heavy atom. The van der Waals surface area contributed by atoms with Crippen molar-refractivity contribution in [2.75, 3.05) is 0 Å². The minimum Gasteiger partial charge on any atom is -0.447 e. The molecule has 0 aromatic heterocycles. The first-order valence-electron chi connectivity index (χ1n) is 6.14. The van der Waals surface area contributed by atoms with Gasteiger partial charge in [-0.15, -0.1) is 0 Å². The van der Waals surface area contributed by atoms with E-state index in [1.54, 1.807) is 13.8 Å². The van der Waals surface area contributed by atoms with Crippen molar-refractivity contribution in [2.45, 2.75) is 33.0 Å². The molecule has 6 nitrogen and oxygen atoms in total. The zero-order valence-corrected chi connectivity index (χ0v) is 11.9. The Balaban J connectivity index is 2.04. The fourth-order valence-corrected chi connectivity index (χ4v) is 3.17. The molecular formula is C12H18N3O3P. The quantitative estimate of drug-likeness (QED) is 0.724. The number of rotatable bonds is 2. The van der Waals surface area contributed by atoms with Gasteiger partial charge in [0.15, 0.2) is 0 Å². The predicted octanol–water partition coefficient (Wildman–Crippen LogP) is 2.12. The first-order chi connectivity index (χ1) is 8.98. The van der Waals surface area contributed by atoms with E-state index < -0.39 is 13.7 Å². The second-order valence-corrected chi connectivity index (χ2v) is 6.69. The smallest absolute Gasteiger partial charge is 0.414 e. The summed E-state index contributed by atoms with van der Waals surface area (Å²) in [5, 5.41) is 8.08. The van der Waals surface area contributed by atoms with Crippen molar-refractivity contribution in [3.05, 3.63) is 35.4 Å². The van der Waals surface area contributed by atoms with Crippen LogP contribution < -0.4 is 15.3 Å². The van der Waals surface area contributed by atoms with Crippen LogP contribution in [-0.2, 0) is 22.4 Å². The topological polar surface area (TPSA) is 79.5 Å². The lowest BCUT2D eigenvalue weighted by atomic mass is 10.1. The summed E-state index contributed by atoms with van der Waals surface area (Å²) in [6.07, 6.45) is -0.944. The molecule has 0 bridgehead atoms. The summed E-state index contributed by atoms with van der Waals surface area (Å²) in [6.45, 7) is 4.34. The van der Waals surface area contributed by atoms with Crippen LogP contribution in [0.15, 0.2) is 24.3 Å². The van der Waals surface area contributed by atoms with Gasteiger partial charge in [-0.25, -0.2) is 20.1 Å². The molecule has 1 amide bonds. The second kappa shape index (κ2) is 5.74. The highest BCUT2D eigenvalue weighted by Crippen LogP contribution is 2.34. The fraction of sp³-hybridized carbons (Fsp3) is 0.417. The van der Waals surface area contributed by atoms with Gasteiger partial charge in [0.25, 0.3) is 0 Å². The Bertz CT molecular complexity index is 488. The molecule has 0 fully saturated rings. The zero-order valence-electron chi connectivity index (χ0n) is 11.0. The third kappa shape index (κ3) is 3.80. The van der Waals surface area contributed by atoms with Gasteiger partial charge < -0.3 is 4.74 Å². The van der Waals surface area contributed by atoms with E-state index >= 15 is 0 Å². The van der Waals surface area contributed by atoms with E-state index in [-0.39, 0.29) is 6.10 Å². The van der Waals surface area contributed by atoms with E-state index in [1.165, 1.54) is 0 Å². The number of carbonyl (C=O) groups is 1. The van der Waals surface area contributed by atoms with Gasteiger partial charge in [0.05, 0.1) is 6.10 Å². The Labute approximate surface area is 112 Å². The molecule has 0 saturated carbocycles. The molecule has 1 aliphatic rings. The minimum atomic E-state index is -3.18. The van der Waals surface area contributed by atoms with Gasteiger partial charge in [0, 0.05) is 13.1 Å². The van der Waals surface area contributed by atoms with Crippen LogP contribution in [0.5, 0.6) is 0 Å². The van der Waals surface area contributed by atoms with Crippen LogP contribution in [0.1, 0.15) is 25.0 Å². The van der Waals surface area contributed by atoms with Crippen molar-refractivity contribution in [1.82, 2.24) is 15.3 Å². The fourth-order valence-electron chi connectivity index (χ4n) is 1.80. The average Bonchev–Trinajstić information content (AvgIpc) is 2.49. The summed E-state index contributed by atoms with van der Waals surface area (Å²) in [5.41, 5.74) is 2.12. The van der Waals surface area contributed by atoms with E-state index in [1.807, 2.05) is 24.3 Å². The molecule has 19 heavy (non-hydrogen) atoms. The number of hydrogen-bond donors (Lipinski definition) is 3. The van der Waals surface area contributed by atoms with Crippen molar-refractivity contribution in [3.8, 4) is 0 Å². The number of carbonyl (C=O) groups excluding carboxylic acids is 1. The minimum absolute atomic E-state index is 0.254. The Hall–Kier alpha value is -1.36. The molecule has 0 spiro atoms. The first-order valence-corrected chi connectivity index (χ1v) is 7.85. The zero-order chi connectivity index (χ0) is 13.9. The van der Waals surface area contributed by atoms with E-state index in [0.717, 1.165) is 11.1 Å². The molecular weight excluding hydrogens is 265 g/mol.